The lowest BCUT2D eigenvalue weighted by Gasteiger charge is -2.22. The van der Waals surface area contributed by atoms with E-state index in [1.807, 2.05) is 0 Å². The van der Waals surface area contributed by atoms with E-state index in [-0.39, 0.29) is 18.5 Å². The van der Waals surface area contributed by atoms with Crippen molar-refractivity contribution in [3.63, 3.8) is 0 Å². The van der Waals surface area contributed by atoms with Crippen molar-refractivity contribution in [2.24, 2.45) is 0 Å². The number of allylic oxidation sites excluding steroid dienone is 4. The summed E-state index contributed by atoms with van der Waals surface area (Å²) < 4.78 is 5.50. The molecular weight excluding hydrogens is 899 g/mol. The Bertz CT molecular complexity index is 1140. The van der Waals surface area contributed by atoms with Crippen LogP contribution >= 0.6 is 0 Å². The van der Waals surface area contributed by atoms with Crippen LogP contribution in [0.3, 0.4) is 0 Å². The van der Waals surface area contributed by atoms with Crippen LogP contribution in [0.15, 0.2) is 24.3 Å². The summed E-state index contributed by atoms with van der Waals surface area (Å²) in [4.78, 5) is 24.6. The van der Waals surface area contributed by atoms with Crippen molar-refractivity contribution >= 4 is 11.9 Å². The fraction of sp³-hybridized carbons (Fsp3) is 0.910. The zero-order chi connectivity index (χ0) is 52.9. The van der Waals surface area contributed by atoms with Gasteiger partial charge in [0.1, 0.15) is 0 Å². The zero-order valence-electron chi connectivity index (χ0n) is 49.4. The molecule has 432 valence electrons. The minimum Gasteiger partial charge on any atom is -0.466 e. The standard InChI is InChI=1S/C67H129NO5/c1-3-5-7-9-11-13-15-17-19-21-29-33-37-41-45-49-53-57-61-67(72)73-62-58-54-50-46-42-38-34-30-27-25-23-22-24-26-28-32-36-40-44-48-52-56-60-66(71)68-64(63-69)65(70)59-55-51-47-43-39-35-31-20-18-16-14-12-10-8-6-4-2/h19,21,24,26,64-65,69-70H,3-18,20,22-23,25,27-63H2,1-2H3,(H,68,71)/b21-19-,26-24-. The summed E-state index contributed by atoms with van der Waals surface area (Å²) in [6.45, 7) is 4.97. The van der Waals surface area contributed by atoms with Gasteiger partial charge in [0.25, 0.3) is 0 Å². The maximum atomic E-state index is 12.5. The van der Waals surface area contributed by atoms with E-state index in [1.54, 1.807) is 0 Å². The molecule has 0 bridgehead atoms. The smallest absolute Gasteiger partial charge is 0.305 e. The number of hydrogen-bond acceptors (Lipinski definition) is 5. The molecule has 0 aliphatic heterocycles. The topological polar surface area (TPSA) is 95.9 Å². The molecular formula is C67H129NO5. The molecule has 6 heteroatoms. The van der Waals surface area contributed by atoms with Crippen molar-refractivity contribution in [3.8, 4) is 0 Å². The Balaban J connectivity index is 3.40. The summed E-state index contributed by atoms with van der Waals surface area (Å²) in [6.07, 6.45) is 77.7. The highest BCUT2D eigenvalue weighted by Crippen LogP contribution is 2.18. The van der Waals surface area contributed by atoms with Gasteiger partial charge in [0, 0.05) is 12.8 Å². The molecule has 0 saturated heterocycles. The van der Waals surface area contributed by atoms with Crippen molar-refractivity contribution in [2.75, 3.05) is 13.2 Å². The minimum absolute atomic E-state index is 0.00773. The van der Waals surface area contributed by atoms with E-state index in [9.17, 15) is 19.8 Å². The molecule has 6 nitrogen and oxygen atoms in total. The van der Waals surface area contributed by atoms with Crippen LogP contribution in [-0.2, 0) is 14.3 Å². The number of carbonyl (C=O) groups is 2. The van der Waals surface area contributed by atoms with Crippen LogP contribution in [0, 0.1) is 0 Å². The van der Waals surface area contributed by atoms with Gasteiger partial charge in [0.2, 0.25) is 5.91 Å². The van der Waals surface area contributed by atoms with Crippen LogP contribution in [0.4, 0.5) is 0 Å². The van der Waals surface area contributed by atoms with E-state index in [0.717, 1.165) is 44.9 Å². The van der Waals surface area contributed by atoms with Crippen LogP contribution in [-0.4, -0.2) is 47.4 Å². The Morgan fingerprint density at radius 3 is 0.973 bits per heavy atom. The molecule has 0 radical (unpaired) electrons. The van der Waals surface area contributed by atoms with Gasteiger partial charge in [-0.1, -0.05) is 301 Å². The van der Waals surface area contributed by atoms with Gasteiger partial charge >= 0.3 is 5.97 Å². The van der Waals surface area contributed by atoms with E-state index >= 15 is 0 Å². The van der Waals surface area contributed by atoms with Crippen LogP contribution < -0.4 is 5.32 Å². The van der Waals surface area contributed by atoms with Crippen molar-refractivity contribution in [3.05, 3.63) is 24.3 Å². The summed E-state index contributed by atoms with van der Waals surface area (Å²) >= 11 is 0. The van der Waals surface area contributed by atoms with Crippen LogP contribution in [0.25, 0.3) is 0 Å². The molecule has 0 aliphatic carbocycles. The molecule has 73 heavy (non-hydrogen) atoms. The largest absolute Gasteiger partial charge is 0.466 e. The highest BCUT2D eigenvalue weighted by molar-refractivity contribution is 5.76. The second kappa shape index (κ2) is 62.9. The van der Waals surface area contributed by atoms with Crippen molar-refractivity contribution in [1.82, 2.24) is 5.32 Å². The number of aliphatic hydroxyl groups excluding tert-OH is 2. The first-order valence-corrected chi connectivity index (χ1v) is 33.1. The average molecular weight is 1030 g/mol. The first-order chi connectivity index (χ1) is 36.0. The van der Waals surface area contributed by atoms with Gasteiger partial charge < -0.3 is 20.3 Å². The Kier molecular flexibility index (Phi) is 61.4. The molecule has 0 rings (SSSR count). The average Bonchev–Trinajstić information content (AvgIpc) is 3.39. The minimum atomic E-state index is -0.669. The van der Waals surface area contributed by atoms with Crippen LogP contribution in [0.1, 0.15) is 367 Å². The molecule has 2 atom stereocenters. The predicted octanol–water partition coefficient (Wildman–Crippen LogP) is 21.0. The van der Waals surface area contributed by atoms with Crippen molar-refractivity contribution in [1.29, 1.82) is 0 Å². The number of unbranched alkanes of at least 4 members (excludes halogenated alkanes) is 47. The summed E-state index contributed by atoms with van der Waals surface area (Å²) in [7, 11) is 0. The van der Waals surface area contributed by atoms with Gasteiger partial charge in [-0.2, -0.15) is 0 Å². The Labute approximate surface area is 456 Å². The molecule has 0 aliphatic rings. The first kappa shape index (κ1) is 71.3. The fourth-order valence-electron chi connectivity index (χ4n) is 10.4. The molecule has 0 heterocycles. The van der Waals surface area contributed by atoms with Gasteiger partial charge in [-0.05, 0) is 77.0 Å². The number of nitrogens with one attached hydrogen (secondary N) is 1. The van der Waals surface area contributed by atoms with E-state index in [4.69, 9.17) is 4.74 Å². The summed E-state index contributed by atoms with van der Waals surface area (Å²) in [5.41, 5.74) is 0. The maximum Gasteiger partial charge on any atom is 0.305 e. The third-order valence-corrected chi connectivity index (χ3v) is 15.5. The van der Waals surface area contributed by atoms with Gasteiger partial charge in [-0.15, -0.1) is 0 Å². The highest BCUT2D eigenvalue weighted by Gasteiger charge is 2.20. The number of esters is 1. The number of carbonyl (C=O) groups excluding carboxylic acids is 2. The summed E-state index contributed by atoms with van der Waals surface area (Å²) in [5, 5.41) is 23.3. The van der Waals surface area contributed by atoms with E-state index in [1.165, 1.54) is 289 Å². The molecule has 0 spiro atoms. The lowest BCUT2D eigenvalue weighted by atomic mass is 10.0. The second-order valence-electron chi connectivity index (χ2n) is 22.8. The predicted molar refractivity (Wildman–Crippen MR) is 320 cm³/mol. The maximum absolute atomic E-state index is 12.5. The molecule has 2 unspecified atom stereocenters. The molecule has 0 saturated carbocycles. The fourth-order valence-corrected chi connectivity index (χ4v) is 10.4. The molecule has 1 amide bonds. The number of aliphatic hydroxyl groups is 2. The highest BCUT2D eigenvalue weighted by atomic mass is 16.5. The van der Waals surface area contributed by atoms with E-state index < -0.39 is 12.1 Å². The molecule has 0 aromatic carbocycles. The van der Waals surface area contributed by atoms with E-state index in [0.29, 0.717) is 25.9 Å². The van der Waals surface area contributed by atoms with Crippen molar-refractivity contribution in [2.45, 2.75) is 379 Å². The Morgan fingerprint density at radius 1 is 0.370 bits per heavy atom. The number of amides is 1. The van der Waals surface area contributed by atoms with Gasteiger partial charge in [-0.3, -0.25) is 9.59 Å². The Morgan fingerprint density at radius 2 is 0.644 bits per heavy atom. The van der Waals surface area contributed by atoms with Crippen LogP contribution in [0.2, 0.25) is 0 Å². The number of ether oxygens (including phenoxy) is 1. The number of hydrogen-bond donors (Lipinski definition) is 3. The molecule has 3 N–H and O–H groups in total. The molecule has 0 aromatic rings. The lowest BCUT2D eigenvalue weighted by Crippen LogP contribution is -2.45. The monoisotopic (exact) mass is 1030 g/mol. The second-order valence-corrected chi connectivity index (χ2v) is 22.8. The quantitative estimate of drug-likeness (QED) is 0.0320. The Hall–Kier alpha value is -1.66. The van der Waals surface area contributed by atoms with Crippen LogP contribution in [0.5, 0.6) is 0 Å². The summed E-state index contributed by atoms with van der Waals surface area (Å²) in [6, 6.07) is -0.547. The lowest BCUT2D eigenvalue weighted by molar-refractivity contribution is -0.143. The number of rotatable bonds is 62. The third kappa shape index (κ3) is 59.4. The zero-order valence-corrected chi connectivity index (χ0v) is 49.4. The van der Waals surface area contributed by atoms with Gasteiger partial charge in [-0.25, -0.2) is 0 Å². The molecule has 0 aromatic heterocycles. The van der Waals surface area contributed by atoms with Gasteiger partial charge in [0.05, 0.1) is 25.4 Å². The van der Waals surface area contributed by atoms with Gasteiger partial charge in [0.15, 0.2) is 0 Å². The first-order valence-electron chi connectivity index (χ1n) is 33.1. The van der Waals surface area contributed by atoms with Crippen molar-refractivity contribution < 1.29 is 24.5 Å². The normalized spacial score (nSPS) is 12.7. The molecule has 0 fully saturated rings. The third-order valence-electron chi connectivity index (χ3n) is 15.5. The SMILES string of the molecule is CCCCCCCCC/C=C\CCCCCCCCCC(=O)OCCCCCCCCCCCCC/C=C\CCCCCCCCCC(=O)NC(CO)C(O)CCCCCCCCCCCCCCCCCC. The van der Waals surface area contributed by atoms with E-state index in [2.05, 4.69) is 43.5 Å². The summed E-state index contributed by atoms with van der Waals surface area (Å²) in [5.74, 6) is -0.0318.